The van der Waals surface area contributed by atoms with Crippen LogP contribution in [0.5, 0.6) is 5.75 Å². The van der Waals surface area contributed by atoms with Crippen molar-refractivity contribution in [3.8, 4) is 5.75 Å². The number of nitrogens with zero attached hydrogens (tertiary/aromatic N) is 3. The van der Waals surface area contributed by atoms with Crippen molar-refractivity contribution in [3.05, 3.63) is 23.0 Å². The number of pyridine rings is 1. The van der Waals surface area contributed by atoms with Crippen molar-refractivity contribution < 1.29 is 10.2 Å². The van der Waals surface area contributed by atoms with Gasteiger partial charge in [-0.05, 0) is 6.92 Å². The van der Waals surface area contributed by atoms with Gasteiger partial charge in [0, 0.05) is 17.3 Å². The SMILES string of the molecule is Cc1ncc2c(c1O)C=NN(C(=N)N)[C@@H]2O. The van der Waals surface area contributed by atoms with E-state index in [-0.39, 0.29) is 11.7 Å². The zero-order valence-corrected chi connectivity index (χ0v) is 8.55. The molecule has 7 nitrogen and oxygen atoms in total. The van der Waals surface area contributed by atoms with Crippen molar-refractivity contribution in [1.82, 2.24) is 9.99 Å². The highest BCUT2D eigenvalue weighted by Gasteiger charge is 2.27. The molecular weight excluding hydrogens is 210 g/mol. The number of hydrogen-bond acceptors (Lipinski definition) is 5. The fourth-order valence-corrected chi connectivity index (χ4v) is 1.48. The van der Waals surface area contributed by atoms with Gasteiger partial charge >= 0.3 is 0 Å². The van der Waals surface area contributed by atoms with Crippen LogP contribution in [0.4, 0.5) is 0 Å². The van der Waals surface area contributed by atoms with Crippen molar-refractivity contribution in [2.45, 2.75) is 13.2 Å². The molecule has 5 N–H and O–H groups in total. The normalized spacial score (nSPS) is 18.4. The first-order valence-electron chi connectivity index (χ1n) is 4.56. The Morgan fingerprint density at radius 1 is 1.62 bits per heavy atom. The second kappa shape index (κ2) is 3.46. The van der Waals surface area contributed by atoms with Crippen LogP contribution in [0.1, 0.15) is 23.0 Å². The van der Waals surface area contributed by atoms with E-state index in [2.05, 4.69) is 10.1 Å². The number of aliphatic hydroxyl groups is 1. The zero-order valence-electron chi connectivity index (χ0n) is 8.55. The van der Waals surface area contributed by atoms with E-state index < -0.39 is 6.23 Å². The van der Waals surface area contributed by atoms with Gasteiger partial charge in [0.05, 0.1) is 11.9 Å². The van der Waals surface area contributed by atoms with Crippen LogP contribution in [-0.2, 0) is 0 Å². The summed E-state index contributed by atoms with van der Waals surface area (Å²) < 4.78 is 0. The number of guanidine groups is 1. The second-order valence-electron chi connectivity index (χ2n) is 3.41. The number of aryl methyl sites for hydroxylation is 1. The van der Waals surface area contributed by atoms with E-state index in [0.717, 1.165) is 5.01 Å². The lowest BCUT2D eigenvalue weighted by Gasteiger charge is -2.27. The average Bonchev–Trinajstić information content (AvgIpc) is 2.23. The Bertz CT molecular complexity index is 485. The molecule has 0 fully saturated rings. The van der Waals surface area contributed by atoms with Crippen LogP contribution in [0.25, 0.3) is 0 Å². The minimum absolute atomic E-state index is 0.0245. The van der Waals surface area contributed by atoms with Crippen LogP contribution in [0.2, 0.25) is 0 Å². The Kier molecular flexibility index (Phi) is 2.24. The number of nitrogens with one attached hydrogen (secondary N) is 1. The lowest BCUT2D eigenvalue weighted by atomic mass is 10.1. The van der Waals surface area contributed by atoms with Gasteiger partial charge in [0.1, 0.15) is 5.75 Å². The molecule has 0 saturated heterocycles. The molecule has 0 unspecified atom stereocenters. The van der Waals surface area contributed by atoms with Crippen molar-refractivity contribution in [3.63, 3.8) is 0 Å². The molecule has 7 heteroatoms. The summed E-state index contributed by atoms with van der Waals surface area (Å²) in [6.07, 6.45) is 1.57. The molecule has 1 aromatic heterocycles. The Morgan fingerprint density at radius 3 is 2.94 bits per heavy atom. The van der Waals surface area contributed by atoms with E-state index in [4.69, 9.17) is 11.1 Å². The summed E-state index contributed by atoms with van der Waals surface area (Å²) in [5.41, 5.74) is 6.46. The molecule has 84 valence electrons. The van der Waals surface area contributed by atoms with Crippen LogP contribution in [-0.4, -0.2) is 32.4 Å². The minimum Gasteiger partial charge on any atom is -0.505 e. The van der Waals surface area contributed by atoms with Gasteiger partial charge in [0.25, 0.3) is 0 Å². The smallest absolute Gasteiger partial charge is 0.212 e. The lowest BCUT2D eigenvalue weighted by molar-refractivity contribution is 0.0499. The largest absolute Gasteiger partial charge is 0.505 e. The maximum Gasteiger partial charge on any atom is 0.212 e. The molecule has 0 bridgehead atoms. The first-order chi connectivity index (χ1) is 7.52. The first kappa shape index (κ1) is 10.4. The summed E-state index contributed by atoms with van der Waals surface area (Å²) in [4.78, 5) is 3.93. The first-order valence-corrected chi connectivity index (χ1v) is 4.56. The molecule has 2 heterocycles. The van der Waals surface area contributed by atoms with Crippen molar-refractivity contribution in [1.29, 1.82) is 5.41 Å². The summed E-state index contributed by atoms with van der Waals surface area (Å²) in [5.74, 6) is -0.405. The number of aromatic hydroxyl groups is 1. The summed E-state index contributed by atoms with van der Waals surface area (Å²) in [5, 5.41) is 31.5. The monoisotopic (exact) mass is 221 g/mol. The standard InChI is InChI=1S/C9H11N5O2/c1-4-7(15)5-3-13-14(9(10)11)8(16)6(5)2-12-4/h2-3,8,15-16H,1H3,(H3,10,11)/t8-/m1/s1. The number of aromatic nitrogens is 1. The highest BCUT2D eigenvalue weighted by atomic mass is 16.3. The van der Waals surface area contributed by atoms with E-state index in [0.29, 0.717) is 16.8 Å². The third-order valence-corrected chi connectivity index (χ3v) is 2.37. The molecule has 1 aliphatic heterocycles. The van der Waals surface area contributed by atoms with Gasteiger partial charge in [-0.1, -0.05) is 0 Å². The second-order valence-corrected chi connectivity index (χ2v) is 3.41. The maximum absolute atomic E-state index is 9.85. The van der Waals surface area contributed by atoms with Crippen molar-refractivity contribution in [2.24, 2.45) is 10.8 Å². The number of fused-ring (bicyclic) bond motifs is 1. The van der Waals surface area contributed by atoms with Crippen LogP contribution >= 0.6 is 0 Å². The van der Waals surface area contributed by atoms with E-state index in [1.807, 2.05) is 0 Å². The Labute approximate surface area is 91.3 Å². The number of aliphatic hydroxyl groups excluding tert-OH is 1. The van der Waals surface area contributed by atoms with Gasteiger partial charge in [-0.25, -0.2) is 5.01 Å². The number of hydrazone groups is 1. The Hall–Kier alpha value is -2.15. The van der Waals surface area contributed by atoms with Gasteiger partial charge in [0.2, 0.25) is 5.96 Å². The molecule has 1 aromatic rings. The quantitative estimate of drug-likeness (QED) is 0.352. The molecule has 1 aliphatic rings. The molecule has 0 amide bonds. The molecule has 0 aliphatic carbocycles. The fraction of sp³-hybridized carbons (Fsp3) is 0.222. The van der Waals surface area contributed by atoms with Crippen molar-refractivity contribution in [2.75, 3.05) is 0 Å². The van der Waals surface area contributed by atoms with Gasteiger partial charge in [0.15, 0.2) is 6.23 Å². The minimum atomic E-state index is -1.20. The van der Waals surface area contributed by atoms with E-state index >= 15 is 0 Å². The van der Waals surface area contributed by atoms with E-state index in [1.54, 1.807) is 6.92 Å². The van der Waals surface area contributed by atoms with Crippen LogP contribution < -0.4 is 5.73 Å². The van der Waals surface area contributed by atoms with Gasteiger partial charge in [-0.2, -0.15) is 5.10 Å². The number of nitrogens with two attached hydrogens (primary N) is 1. The maximum atomic E-state index is 9.85. The summed E-state index contributed by atoms with van der Waals surface area (Å²) in [7, 11) is 0. The summed E-state index contributed by atoms with van der Waals surface area (Å²) in [6.45, 7) is 1.65. The molecule has 0 radical (unpaired) electrons. The Balaban J connectivity index is 2.55. The highest BCUT2D eigenvalue weighted by Crippen LogP contribution is 2.30. The molecule has 0 aromatic carbocycles. The van der Waals surface area contributed by atoms with Crippen molar-refractivity contribution >= 4 is 12.2 Å². The summed E-state index contributed by atoms with van der Waals surface area (Å²) >= 11 is 0. The fourth-order valence-electron chi connectivity index (χ4n) is 1.48. The lowest BCUT2D eigenvalue weighted by Crippen LogP contribution is -2.37. The molecule has 16 heavy (non-hydrogen) atoms. The van der Waals surface area contributed by atoms with Crippen LogP contribution in [0.15, 0.2) is 11.3 Å². The van der Waals surface area contributed by atoms with Crippen LogP contribution in [0.3, 0.4) is 0 Å². The van der Waals surface area contributed by atoms with Gasteiger partial charge < -0.3 is 15.9 Å². The average molecular weight is 221 g/mol. The topological polar surface area (TPSA) is 119 Å². The molecule has 0 spiro atoms. The number of rotatable bonds is 0. The predicted molar refractivity (Wildman–Crippen MR) is 56.9 cm³/mol. The molecule has 0 saturated carbocycles. The van der Waals surface area contributed by atoms with Crippen LogP contribution in [0, 0.1) is 12.3 Å². The molecule has 1 atom stereocenters. The van der Waals surface area contributed by atoms with Gasteiger partial charge in [-0.15, -0.1) is 0 Å². The predicted octanol–water partition coefficient (Wildman–Crippen LogP) is -0.371. The van der Waals surface area contributed by atoms with Gasteiger partial charge in [-0.3, -0.25) is 10.4 Å². The molecular formula is C9H11N5O2. The molecule has 2 rings (SSSR count). The highest BCUT2D eigenvalue weighted by molar-refractivity contribution is 5.89. The Morgan fingerprint density at radius 2 is 2.31 bits per heavy atom. The summed E-state index contributed by atoms with van der Waals surface area (Å²) in [6, 6.07) is 0. The number of hydrogen-bond donors (Lipinski definition) is 4. The van der Waals surface area contributed by atoms with E-state index in [9.17, 15) is 10.2 Å². The zero-order chi connectivity index (χ0) is 11.9. The van der Waals surface area contributed by atoms with E-state index in [1.165, 1.54) is 12.4 Å². The third-order valence-electron chi connectivity index (χ3n) is 2.37. The third kappa shape index (κ3) is 1.38.